The van der Waals surface area contributed by atoms with Crippen LogP contribution in [0, 0.1) is 11.8 Å². The smallest absolute Gasteiger partial charge is 0.128 e. The monoisotopic (exact) mass is 407 g/mol. The second kappa shape index (κ2) is 8.98. The third-order valence-electron chi connectivity index (χ3n) is 7.04. The van der Waals surface area contributed by atoms with Crippen molar-refractivity contribution in [2.24, 2.45) is 17.6 Å². The molecule has 2 aromatic rings. The Kier molecular flexibility index (Phi) is 5.95. The molecule has 3 saturated heterocycles. The average molecular weight is 408 g/mol. The summed E-state index contributed by atoms with van der Waals surface area (Å²) in [5.41, 5.74) is 15.3. The zero-order valence-electron chi connectivity index (χ0n) is 17.5. The number of rotatable bonds is 5. The molecule has 5 rings (SSSR count). The van der Waals surface area contributed by atoms with E-state index in [2.05, 4.69) is 50.3 Å². The largest absolute Gasteiger partial charge is 0.356 e. The number of aromatic nitrogens is 2. The molecule has 3 aliphatic heterocycles. The molecule has 0 spiro atoms. The van der Waals surface area contributed by atoms with E-state index >= 15 is 0 Å². The van der Waals surface area contributed by atoms with Gasteiger partial charge in [-0.25, -0.2) is 10.4 Å². The zero-order valence-corrected chi connectivity index (χ0v) is 17.5. The maximum Gasteiger partial charge on any atom is 0.128 e. The molecule has 0 aliphatic carbocycles. The molecule has 0 saturated carbocycles. The molecule has 5 N–H and O–H groups in total. The van der Waals surface area contributed by atoms with Gasteiger partial charge in [-0.05, 0) is 61.9 Å². The Bertz CT molecular complexity index is 827. The van der Waals surface area contributed by atoms with Gasteiger partial charge in [0.1, 0.15) is 5.82 Å². The van der Waals surface area contributed by atoms with Crippen LogP contribution in [-0.4, -0.2) is 42.2 Å². The minimum absolute atomic E-state index is 0.223. The Hall–Kier alpha value is -2.06. The highest BCUT2D eigenvalue weighted by atomic mass is 15.4. The normalized spacial score (nSPS) is 31.5. The van der Waals surface area contributed by atoms with Gasteiger partial charge in [0.2, 0.25) is 0 Å². The molecule has 7 nitrogen and oxygen atoms in total. The number of anilines is 1. The number of hydrogen-bond acceptors (Lipinski definition) is 7. The van der Waals surface area contributed by atoms with Gasteiger partial charge in [-0.3, -0.25) is 10.4 Å². The third-order valence-corrected chi connectivity index (χ3v) is 7.04. The van der Waals surface area contributed by atoms with Crippen LogP contribution < -0.4 is 26.8 Å². The van der Waals surface area contributed by atoms with E-state index in [1.807, 2.05) is 18.5 Å². The number of fused-ring (bicyclic) bond motifs is 1. The molecule has 3 fully saturated rings. The number of pyridine rings is 2. The van der Waals surface area contributed by atoms with Crippen LogP contribution in [0.25, 0.3) is 0 Å². The Morgan fingerprint density at radius 1 is 1.17 bits per heavy atom. The third kappa shape index (κ3) is 4.07. The average Bonchev–Trinajstić information content (AvgIpc) is 3.23. The van der Waals surface area contributed by atoms with Crippen molar-refractivity contribution in [3.8, 4) is 0 Å². The highest BCUT2D eigenvalue weighted by Gasteiger charge is 2.42. The van der Waals surface area contributed by atoms with Gasteiger partial charge < -0.3 is 16.0 Å². The van der Waals surface area contributed by atoms with Gasteiger partial charge >= 0.3 is 0 Å². The maximum absolute atomic E-state index is 5.81. The van der Waals surface area contributed by atoms with Gasteiger partial charge in [-0.2, -0.15) is 0 Å². The van der Waals surface area contributed by atoms with E-state index < -0.39 is 0 Å². The number of hydrazine groups is 1. The fourth-order valence-electron chi connectivity index (χ4n) is 5.43. The topological polar surface area (TPSA) is 91.1 Å². The summed E-state index contributed by atoms with van der Waals surface area (Å²) in [6.45, 7) is 3.88. The number of hydrogen-bond donors (Lipinski definition) is 4. The first-order chi connectivity index (χ1) is 14.8. The molecular formula is C23H33N7. The second-order valence-electron chi connectivity index (χ2n) is 8.97. The van der Waals surface area contributed by atoms with Crippen molar-refractivity contribution >= 4 is 5.82 Å². The van der Waals surface area contributed by atoms with Crippen LogP contribution in [0.4, 0.5) is 5.82 Å². The maximum atomic E-state index is 5.81. The highest BCUT2D eigenvalue weighted by molar-refractivity contribution is 5.40. The Morgan fingerprint density at radius 3 is 3.00 bits per heavy atom. The van der Waals surface area contributed by atoms with E-state index in [1.54, 1.807) is 0 Å². The lowest BCUT2D eigenvalue weighted by Crippen LogP contribution is -2.46. The van der Waals surface area contributed by atoms with Crippen molar-refractivity contribution in [2.75, 3.05) is 31.1 Å². The molecule has 7 heteroatoms. The predicted molar refractivity (Wildman–Crippen MR) is 119 cm³/mol. The lowest BCUT2D eigenvalue weighted by Gasteiger charge is -2.35. The Balaban J connectivity index is 1.32. The molecule has 0 amide bonds. The van der Waals surface area contributed by atoms with Crippen molar-refractivity contribution in [3.05, 3.63) is 54.0 Å². The molecule has 2 aromatic heterocycles. The van der Waals surface area contributed by atoms with Crippen molar-refractivity contribution < 1.29 is 0 Å². The van der Waals surface area contributed by atoms with Gasteiger partial charge in [-0.15, -0.1) is 0 Å². The minimum Gasteiger partial charge on any atom is -0.356 e. The van der Waals surface area contributed by atoms with Crippen LogP contribution in [0.1, 0.15) is 49.0 Å². The quantitative estimate of drug-likeness (QED) is 0.602. The fourth-order valence-corrected chi connectivity index (χ4v) is 5.43. The summed E-state index contributed by atoms with van der Waals surface area (Å²) in [4.78, 5) is 11.9. The summed E-state index contributed by atoms with van der Waals surface area (Å²) in [6, 6.07) is 11.7. The zero-order chi connectivity index (χ0) is 20.3. The lowest BCUT2D eigenvalue weighted by molar-refractivity contribution is 0.265. The minimum atomic E-state index is 0.223. The van der Waals surface area contributed by atoms with E-state index in [-0.39, 0.29) is 6.04 Å². The van der Waals surface area contributed by atoms with Gasteiger partial charge in [0.15, 0.2) is 0 Å². The van der Waals surface area contributed by atoms with Crippen molar-refractivity contribution in [3.63, 3.8) is 0 Å². The Morgan fingerprint density at radius 2 is 2.13 bits per heavy atom. The second-order valence-corrected chi connectivity index (χ2v) is 8.97. The van der Waals surface area contributed by atoms with E-state index in [4.69, 9.17) is 10.7 Å². The van der Waals surface area contributed by atoms with Gasteiger partial charge in [-0.1, -0.05) is 12.1 Å². The van der Waals surface area contributed by atoms with Crippen LogP contribution in [0.15, 0.2) is 42.7 Å². The SMILES string of the molecule is NCC[C@H]1CCCN(c2cccc(C3NNC4CNC(c5cccnc5)CC43)n2)C1. The summed E-state index contributed by atoms with van der Waals surface area (Å²) in [6.07, 6.45) is 8.50. The molecule has 0 radical (unpaired) electrons. The summed E-state index contributed by atoms with van der Waals surface area (Å²) < 4.78 is 0. The summed E-state index contributed by atoms with van der Waals surface area (Å²) in [5, 5.41) is 3.68. The molecule has 5 atom stereocenters. The first-order valence-electron chi connectivity index (χ1n) is 11.4. The van der Waals surface area contributed by atoms with E-state index in [0.717, 1.165) is 50.5 Å². The summed E-state index contributed by atoms with van der Waals surface area (Å²) in [7, 11) is 0. The highest BCUT2D eigenvalue weighted by Crippen LogP contribution is 2.38. The van der Waals surface area contributed by atoms with Gasteiger partial charge in [0.25, 0.3) is 0 Å². The predicted octanol–water partition coefficient (Wildman–Crippen LogP) is 1.91. The fraction of sp³-hybridized carbons (Fsp3) is 0.565. The molecule has 4 unspecified atom stereocenters. The van der Waals surface area contributed by atoms with Gasteiger partial charge in [0.05, 0.1) is 11.7 Å². The summed E-state index contributed by atoms with van der Waals surface area (Å²) >= 11 is 0. The summed E-state index contributed by atoms with van der Waals surface area (Å²) in [5.74, 6) is 2.29. The number of nitrogens with one attached hydrogen (secondary N) is 3. The molecule has 0 bridgehead atoms. The van der Waals surface area contributed by atoms with Crippen LogP contribution >= 0.6 is 0 Å². The number of nitrogens with two attached hydrogens (primary N) is 1. The van der Waals surface area contributed by atoms with Gasteiger partial charge in [0, 0.05) is 50.0 Å². The molecule has 0 aromatic carbocycles. The first-order valence-corrected chi connectivity index (χ1v) is 11.4. The standard InChI is InChI=1S/C23H33N7/c24-9-8-16-4-3-11-30(15-16)22-7-1-6-19(27-22)23-18-12-20(17-5-2-10-25-13-17)26-14-21(18)28-29-23/h1-2,5-7,10,13,16,18,20-21,23,26,28-29H,3-4,8-9,11-12,14-15,24H2/t16-,18?,20?,21?,23?/m1/s1. The van der Waals surface area contributed by atoms with Crippen LogP contribution in [0.3, 0.4) is 0 Å². The number of nitrogens with zero attached hydrogens (tertiary/aromatic N) is 3. The van der Waals surface area contributed by atoms with Crippen molar-refractivity contribution in [2.45, 2.75) is 43.8 Å². The van der Waals surface area contributed by atoms with E-state index in [9.17, 15) is 0 Å². The van der Waals surface area contributed by atoms with Crippen LogP contribution in [0.2, 0.25) is 0 Å². The molecule has 3 aliphatic rings. The molecular weight excluding hydrogens is 374 g/mol. The van der Waals surface area contributed by atoms with Crippen LogP contribution in [-0.2, 0) is 0 Å². The van der Waals surface area contributed by atoms with Crippen LogP contribution in [0.5, 0.6) is 0 Å². The lowest BCUT2D eigenvalue weighted by atomic mass is 9.81. The first kappa shape index (κ1) is 19.9. The van der Waals surface area contributed by atoms with E-state index in [1.165, 1.54) is 18.4 Å². The van der Waals surface area contributed by atoms with E-state index in [0.29, 0.717) is 23.9 Å². The molecule has 5 heterocycles. The molecule has 30 heavy (non-hydrogen) atoms. The molecule has 160 valence electrons. The van der Waals surface area contributed by atoms with Crippen molar-refractivity contribution in [1.82, 2.24) is 26.1 Å². The van der Waals surface area contributed by atoms with Crippen molar-refractivity contribution in [1.29, 1.82) is 0 Å². The Labute approximate surface area is 178 Å². The number of piperidine rings is 2.